The summed E-state index contributed by atoms with van der Waals surface area (Å²) in [6.07, 6.45) is 0. The Morgan fingerprint density at radius 3 is 2.19 bits per heavy atom. The zero-order valence-corrected chi connectivity index (χ0v) is 11.2. The molecule has 106 valence electrons. The van der Waals surface area contributed by atoms with Gasteiger partial charge in [-0.15, -0.1) is 0 Å². The lowest BCUT2D eigenvalue weighted by atomic mass is 10.1. The summed E-state index contributed by atoms with van der Waals surface area (Å²) in [4.78, 5) is 24.2. The van der Waals surface area contributed by atoms with Gasteiger partial charge in [0.1, 0.15) is 0 Å². The molecule has 0 saturated carbocycles. The quantitative estimate of drug-likeness (QED) is 0.902. The summed E-state index contributed by atoms with van der Waals surface area (Å²) in [5.74, 6) is -1.36. The van der Waals surface area contributed by atoms with E-state index in [9.17, 15) is 9.59 Å². The molecule has 0 unspecified atom stereocenters. The number of carbonyl (C=O) groups is 2. The fourth-order valence-corrected chi connectivity index (χ4v) is 2.55. The minimum atomic E-state index is -0.915. The SMILES string of the molecule is NC(=O)c1ccc(N2Cc3ccc(C(=O)O)cc3C2)cc1. The number of carboxylic acid groups (broad SMARTS) is 1. The Bertz CT molecular complexity index is 723. The Kier molecular flexibility index (Phi) is 3.10. The molecular weight excluding hydrogens is 268 g/mol. The number of nitrogens with zero attached hydrogens (tertiary/aromatic N) is 1. The normalized spacial score (nSPS) is 13.0. The predicted octanol–water partition coefficient (Wildman–Crippen LogP) is 2.00. The van der Waals surface area contributed by atoms with E-state index in [-0.39, 0.29) is 0 Å². The number of benzene rings is 2. The largest absolute Gasteiger partial charge is 0.478 e. The van der Waals surface area contributed by atoms with Gasteiger partial charge >= 0.3 is 5.97 Å². The number of rotatable bonds is 3. The number of carboxylic acids is 1. The Balaban J connectivity index is 1.84. The Morgan fingerprint density at radius 2 is 1.57 bits per heavy atom. The van der Waals surface area contributed by atoms with E-state index in [0.29, 0.717) is 17.7 Å². The molecule has 0 fully saturated rings. The van der Waals surface area contributed by atoms with E-state index in [1.54, 1.807) is 24.3 Å². The lowest BCUT2D eigenvalue weighted by molar-refractivity contribution is 0.0696. The van der Waals surface area contributed by atoms with E-state index in [0.717, 1.165) is 23.4 Å². The lowest BCUT2D eigenvalue weighted by Gasteiger charge is -2.17. The number of primary amides is 1. The van der Waals surface area contributed by atoms with Crippen LogP contribution in [0.3, 0.4) is 0 Å². The minimum absolute atomic E-state index is 0.305. The van der Waals surface area contributed by atoms with Gasteiger partial charge in [-0.2, -0.15) is 0 Å². The molecule has 1 heterocycles. The molecule has 0 bridgehead atoms. The molecular formula is C16H14N2O3. The maximum atomic E-state index is 11.1. The highest BCUT2D eigenvalue weighted by Crippen LogP contribution is 2.29. The number of nitrogens with two attached hydrogens (primary N) is 1. The molecule has 2 aromatic carbocycles. The monoisotopic (exact) mass is 282 g/mol. The summed E-state index contributed by atoms with van der Waals surface area (Å²) < 4.78 is 0. The Morgan fingerprint density at radius 1 is 0.952 bits per heavy atom. The first-order valence-corrected chi connectivity index (χ1v) is 6.54. The van der Waals surface area contributed by atoms with Crippen LogP contribution >= 0.6 is 0 Å². The second kappa shape index (κ2) is 4.94. The van der Waals surface area contributed by atoms with Crippen LogP contribution in [0.15, 0.2) is 42.5 Å². The Labute approximate surface area is 121 Å². The van der Waals surface area contributed by atoms with Crippen LogP contribution in [0, 0.1) is 0 Å². The van der Waals surface area contributed by atoms with Gasteiger partial charge in [0.05, 0.1) is 5.56 Å². The molecule has 21 heavy (non-hydrogen) atoms. The van der Waals surface area contributed by atoms with Gasteiger partial charge in [0, 0.05) is 24.3 Å². The maximum absolute atomic E-state index is 11.1. The van der Waals surface area contributed by atoms with Gasteiger partial charge in [-0.05, 0) is 47.5 Å². The summed E-state index contributed by atoms with van der Waals surface area (Å²) in [5.41, 5.74) is 9.13. The Hall–Kier alpha value is -2.82. The minimum Gasteiger partial charge on any atom is -0.478 e. The van der Waals surface area contributed by atoms with Crippen molar-refractivity contribution in [3.63, 3.8) is 0 Å². The molecule has 0 saturated heterocycles. The standard InChI is InChI=1S/C16H14N2O3/c17-15(19)10-3-5-14(6-4-10)18-8-12-2-1-11(16(20)21)7-13(12)9-18/h1-7H,8-9H2,(H2,17,19)(H,20,21). The van der Waals surface area contributed by atoms with Crippen LogP contribution in [0.1, 0.15) is 31.8 Å². The van der Waals surface area contributed by atoms with E-state index in [1.165, 1.54) is 0 Å². The lowest BCUT2D eigenvalue weighted by Crippen LogP contribution is -2.15. The van der Waals surface area contributed by atoms with Gasteiger partial charge in [-0.25, -0.2) is 4.79 Å². The number of anilines is 1. The molecule has 0 aliphatic carbocycles. The first kappa shape index (κ1) is 13.2. The molecule has 5 heteroatoms. The van der Waals surface area contributed by atoms with Gasteiger partial charge < -0.3 is 15.7 Å². The zero-order valence-electron chi connectivity index (χ0n) is 11.2. The first-order valence-electron chi connectivity index (χ1n) is 6.54. The van der Waals surface area contributed by atoms with E-state index in [4.69, 9.17) is 10.8 Å². The van der Waals surface area contributed by atoms with E-state index in [2.05, 4.69) is 4.90 Å². The van der Waals surface area contributed by atoms with Crippen molar-refractivity contribution >= 4 is 17.6 Å². The summed E-state index contributed by atoms with van der Waals surface area (Å²) in [5, 5.41) is 9.02. The van der Waals surface area contributed by atoms with E-state index in [1.807, 2.05) is 18.2 Å². The van der Waals surface area contributed by atoms with Crippen LogP contribution < -0.4 is 10.6 Å². The third-order valence-electron chi connectivity index (χ3n) is 3.69. The molecule has 0 radical (unpaired) electrons. The molecule has 3 rings (SSSR count). The number of aromatic carboxylic acids is 1. The molecule has 1 aliphatic heterocycles. The first-order chi connectivity index (χ1) is 10.0. The van der Waals surface area contributed by atoms with Crippen LogP contribution in [-0.4, -0.2) is 17.0 Å². The molecule has 5 nitrogen and oxygen atoms in total. The molecule has 0 aromatic heterocycles. The van der Waals surface area contributed by atoms with Crippen LogP contribution in [0.4, 0.5) is 5.69 Å². The van der Waals surface area contributed by atoms with Crippen molar-refractivity contribution in [1.29, 1.82) is 0 Å². The van der Waals surface area contributed by atoms with Crippen LogP contribution in [0.2, 0.25) is 0 Å². The number of amides is 1. The smallest absolute Gasteiger partial charge is 0.335 e. The second-order valence-corrected chi connectivity index (χ2v) is 5.06. The van der Waals surface area contributed by atoms with Crippen LogP contribution in [0.5, 0.6) is 0 Å². The van der Waals surface area contributed by atoms with Crippen molar-refractivity contribution in [3.05, 3.63) is 64.7 Å². The van der Waals surface area contributed by atoms with Gasteiger partial charge in [0.15, 0.2) is 0 Å². The van der Waals surface area contributed by atoms with Gasteiger partial charge in [-0.3, -0.25) is 4.79 Å². The summed E-state index contributed by atoms with van der Waals surface area (Å²) in [7, 11) is 0. The fourth-order valence-electron chi connectivity index (χ4n) is 2.55. The average molecular weight is 282 g/mol. The second-order valence-electron chi connectivity index (χ2n) is 5.06. The van der Waals surface area contributed by atoms with Gasteiger partial charge in [-0.1, -0.05) is 6.07 Å². The van der Waals surface area contributed by atoms with Crippen LogP contribution in [0.25, 0.3) is 0 Å². The van der Waals surface area contributed by atoms with Crippen molar-refractivity contribution in [2.24, 2.45) is 5.73 Å². The van der Waals surface area contributed by atoms with Crippen molar-refractivity contribution in [2.75, 3.05) is 4.90 Å². The molecule has 1 aliphatic rings. The van der Waals surface area contributed by atoms with Crippen molar-refractivity contribution in [3.8, 4) is 0 Å². The predicted molar refractivity (Wildman–Crippen MR) is 78.2 cm³/mol. The molecule has 2 aromatic rings. The summed E-state index contributed by atoms with van der Waals surface area (Å²) in [6.45, 7) is 1.39. The molecule has 1 amide bonds. The van der Waals surface area contributed by atoms with E-state index < -0.39 is 11.9 Å². The highest BCUT2D eigenvalue weighted by Gasteiger charge is 2.20. The van der Waals surface area contributed by atoms with Gasteiger partial charge in [0.25, 0.3) is 0 Å². The number of hydrogen-bond donors (Lipinski definition) is 2. The van der Waals surface area contributed by atoms with Crippen molar-refractivity contribution in [2.45, 2.75) is 13.1 Å². The van der Waals surface area contributed by atoms with E-state index >= 15 is 0 Å². The fraction of sp³-hybridized carbons (Fsp3) is 0.125. The third-order valence-corrected chi connectivity index (χ3v) is 3.69. The highest BCUT2D eigenvalue weighted by atomic mass is 16.4. The maximum Gasteiger partial charge on any atom is 0.335 e. The number of fused-ring (bicyclic) bond motifs is 1. The highest BCUT2D eigenvalue weighted by molar-refractivity contribution is 5.93. The topological polar surface area (TPSA) is 83.6 Å². The van der Waals surface area contributed by atoms with Gasteiger partial charge in [0.2, 0.25) is 5.91 Å². The molecule has 0 spiro atoms. The summed E-state index contributed by atoms with van der Waals surface area (Å²) in [6, 6.07) is 12.3. The van der Waals surface area contributed by atoms with Crippen molar-refractivity contribution < 1.29 is 14.7 Å². The average Bonchev–Trinajstić information content (AvgIpc) is 2.90. The molecule has 3 N–H and O–H groups in total. The summed E-state index contributed by atoms with van der Waals surface area (Å²) >= 11 is 0. The van der Waals surface area contributed by atoms with Crippen molar-refractivity contribution in [1.82, 2.24) is 0 Å². The third kappa shape index (κ3) is 2.45. The van der Waals surface area contributed by atoms with Crippen LogP contribution in [-0.2, 0) is 13.1 Å². The number of hydrogen-bond acceptors (Lipinski definition) is 3. The zero-order chi connectivity index (χ0) is 15.0. The number of carbonyl (C=O) groups excluding carboxylic acids is 1. The molecule has 0 atom stereocenters.